The SMILES string of the molecule is O=C1Nc2cc(I)ccc2C1(Br)CC1CCCCC1. The monoisotopic (exact) mass is 433 g/mol. The number of rotatable bonds is 2. The van der Waals surface area contributed by atoms with Crippen molar-refractivity contribution in [2.24, 2.45) is 5.92 Å². The first-order valence-electron chi connectivity index (χ1n) is 6.90. The summed E-state index contributed by atoms with van der Waals surface area (Å²) in [5, 5.41) is 3.03. The Morgan fingerprint density at radius 1 is 1.32 bits per heavy atom. The molecule has 3 rings (SSSR count). The zero-order valence-electron chi connectivity index (χ0n) is 10.7. The number of nitrogens with one attached hydrogen (secondary N) is 1. The van der Waals surface area contributed by atoms with Crippen molar-refractivity contribution in [1.29, 1.82) is 0 Å². The van der Waals surface area contributed by atoms with Crippen molar-refractivity contribution in [3.63, 3.8) is 0 Å². The number of fused-ring (bicyclic) bond motifs is 1. The summed E-state index contributed by atoms with van der Waals surface area (Å²) in [6, 6.07) is 6.22. The van der Waals surface area contributed by atoms with Crippen LogP contribution in [0.15, 0.2) is 18.2 Å². The fraction of sp³-hybridized carbons (Fsp3) is 0.533. The van der Waals surface area contributed by atoms with Gasteiger partial charge in [0, 0.05) is 14.8 Å². The first kappa shape index (κ1) is 13.9. The van der Waals surface area contributed by atoms with Gasteiger partial charge < -0.3 is 5.32 Å². The van der Waals surface area contributed by atoms with Crippen molar-refractivity contribution in [3.05, 3.63) is 27.3 Å². The molecule has 2 aliphatic rings. The summed E-state index contributed by atoms with van der Waals surface area (Å²) in [4.78, 5) is 12.4. The van der Waals surface area contributed by atoms with E-state index in [9.17, 15) is 4.79 Å². The topological polar surface area (TPSA) is 29.1 Å². The van der Waals surface area contributed by atoms with E-state index >= 15 is 0 Å². The maximum atomic E-state index is 12.4. The molecule has 0 aromatic heterocycles. The lowest BCUT2D eigenvalue weighted by molar-refractivity contribution is -0.118. The first-order valence-corrected chi connectivity index (χ1v) is 8.77. The van der Waals surface area contributed by atoms with Crippen LogP contribution in [0, 0.1) is 9.49 Å². The van der Waals surface area contributed by atoms with Gasteiger partial charge in [-0.1, -0.05) is 54.1 Å². The van der Waals surface area contributed by atoms with Crippen molar-refractivity contribution in [2.75, 3.05) is 5.32 Å². The fourth-order valence-electron chi connectivity index (χ4n) is 3.30. The number of alkyl halides is 1. The third-order valence-corrected chi connectivity index (χ3v) is 6.09. The van der Waals surface area contributed by atoms with E-state index in [1.54, 1.807) is 0 Å². The zero-order chi connectivity index (χ0) is 13.5. The summed E-state index contributed by atoms with van der Waals surface area (Å²) in [6.45, 7) is 0. The van der Waals surface area contributed by atoms with Gasteiger partial charge in [-0.15, -0.1) is 0 Å². The highest BCUT2D eigenvalue weighted by atomic mass is 127. The molecule has 1 aliphatic carbocycles. The predicted molar refractivity (Wildman–Crippen MR) is 89.6 cm³/mol. The second-order valence-electron chi connectivity index (χ2n) is 5.65. The third-order valence-electron chi connectivity index (χ3n) is 4.31. The molecular weight excluding hydrogens is 417 g/mol. The maximum Gasteiger partial charge on any atom is 0.245 e. The van der Waals surface area contributed by atoms with E-state index in [2.05, 4.69) is 62.0 Å². The molecule has 4 heteroatoms. The molecule has 1 saturated carbocycles. The van der Waals surface area contributed by atoms with Gasteiger partial charge in [0.1, 0.15) is 4.32 Å². The summed E-state index contributed by atoms with van der Waals surface area (Å²) in [5.74, 6) is 0.777. The van der Waals surface area contributed by atoms with Gasteiger partial charge in [-0.3, -0.25) is 4.79 Å². The molecule has 0 bridgehead atoms. The summed E-state index contributed by atoms with van der Waals surface area (Å²) in [5.41, 5.74) is 2.09. The molecule has 1 amide bonds. The fourth-order valence-corrected chi connectivity index (χ4v) is 4.69. The summed E-state index contributed by atoms with van der Waals surface area (Å²) in [6.07, 6.45) is 7.43. The molecule has 0 radical (unpaired) electrons. The van der Waals surface area contributed by atoms with Crippen molar-refractivity contribution in [1.82, 2.24) is 0 Å². The lowest BCUT2D eigenvalue weighted by atomic mass is 9.81. The Morgan fingerprint density at radius 2 is 2.05 bits per heavy atom. The van der Waals surface area contributed by atoms with Crippen LogP contribution in [-0.2, 0) is 9.12 Å². The average molecular weight is 434 g/mol. The molecule has 2 nitrogen and oxygen atoms in total. The van der Waals surface area contributed by atoms with E-state index in [0.717, 1.165) is 21.2 Å². The number of hydrogen-bond donors (Lipinski definition) is 1. The molecule has 102 valence electrons. The van der Waals surface area contributed by atoms with E-state index < -0.39 is 4.32 Å². The van der Waals surface area contributed by atoms with Crippen LogP contribution in [-0.4, -0.2) is 5.91 Å². The minimum absolute atomic E-state index is 0.107. The molecule has 1 aromatic carbocycles. The lowest BCUT2D eigenvalue weighted by Gasteiger charge is -2.29. The Morgan fingerprint density at radius 3 is 2.79 bits per heavy atom. The second-order valence-corrected chi connectivity index (χ2v) is 8.25. The van der Waals surface area contributed by atoms with E-state index in [-0.39, 0.29) is 5.91 Å². The third kappa shape index (κ3) is 2.58. The van der Waals surface area contributed by atoms with Gasteiger partial charge in [-0.25, -0.2) is 0 Å². The summed E-state index contributed by atoms with van der Waals surface area (Å²) < 4.78 is 0.653. The molecule has 1 N–H and O–H groups in total. The Kier molecular flexibility index (Phi) is 3.91. The highest BCUT2D eigenvalue weighted by molar-refractivity contribution is 14.1. The van der Waals surface area contributed by atoms with Crippen LogP contribution < -0.4 is 5.32 Å². The number of carbonyl (C=O) groups excluding carboxylic acids is 1. The minimum Gasteiger partial charge on any atom is -0.324 e. The Balaban J connectivity index is 1.88. The number of halogens is 2. The largest absolute Gasteiger partial charge is 0.324 e. The number of benzene rings is 1. The van der Waals surface area contributed by atoms with Crippen LogP contribution in [0.5, 0.6) is 0 Å². The molecule has 1 fully saturated rings. The zero-order valence-corrected chi connectivity index (χ0v) is 14.5. The summed E-state index contributed by atoms with van der Waals surface area (Å²) in [7, 11) is 0. The molecule has 1 unspecified atom stereocenters. The minimum atomic E-state index is -0.505. The highest BCUT2D eigenvalue weighted by Crippen LogP contribution is 2.48. The van der Waals surface area contributed by atoms with Crippen molar-refractivity contribution in [2.45, 2.75) is 42.8 Å². The maximum absolute atomic E-state index is 12.4. The number of carbonyl (C=O) groups is 1. The molecule has 1 heterocycles. The highest BCUT2D eigenvalue weighted by Gasteiger charge is 2.45. The quantitative estimate of drug-likeness (QED) is 0.526. The van der Waals surface area contributed by atoms with Gasteiger partial charge in [-0.2, -0.15) is 0 Å². The smallest absolute Gasteiger partial charge is 0.245 e. The number of hydrogen-bond acceptors (Lipinski definition) is 1. The van der Waals surface area contributed by atoms with Gasteiger partial charge in [0.05, 0.1) is 0 Å². The van der Waals surface area contributed by atoms with Gasteiger partial charge in [-0.05, 0) is 47.1 Å². The van der Waals surface area contributed by atoms with Crippen LogP contribution in [0.2, 0.25) is 0 Å². The molecular formula is C15H17BrINO. The van der Waals surface area contributed by atoms with Crippen LogP contribution in [0.4, 0.5) is 5.69 Å². The van der Waals surface area contributed by atoms with E-state index in [0.29, 0.717) is 5.92 Å². The molecule has 1 atom stereocenters. The van der Waals surface area contributed by atoms with Crippen molar-refractivity contribution < 1.29 is 4.79 Å². The molecule has 1 aromatic rings. The second kappa shape index (κ2) is 5.35. The number of anilines is 1. The average Bonchev–Trinajstić information content (AvgIpc) is 2.62. The van der Waals surface area contributed by atoms with Crippen molar-refractivity contribution >= 4 is 50.1 Å². The lowest BCUT2D eigenvalue weighted by Crippen LogP contribution is -2.31. The normalized spacial score (nSPS) is 27.2. The van der Waals surface area contributed by atoms with Crippen molar-refractivity contribution in [3.8, 4) is 0 Å². The van der Waals surface area contributed by atoms with Crippen LogP contribution in [0.25, 0.3) is 0 Å². The molecule has 1 aliphatic heterocycles. The van der Waals surface area contributed by atoms with Gasteiger partial charge in [0.2, 0.25) is 5.91 Å². The van der Waals surface area contributed by atoms with Gasteiger partial charge in [0.25, 0.3) is 0 Å². The van der Waals surface area contributed by atoms with Gasteiger partial charge in [0.15, 0.2) is 0 Å². The van der Waals surface area contributed by atoms with E-state index in [1.807, 2.05) is 0 Å². The number of amides is 1. The van der Waals surface area contributed by atoms with Gasteiger partial charge >= 0.3 is 0 Å². The Bertz CT molecular complexity index is 513. The predicted octanol–water partition coefficient (Wildman–Crippen LogP) is 4.80. The van der Waals surface area contributed by atoms with E-state index in [1.165, 1.54) is 32.1 Å². The standard InChI is InChI=1S/C15H17BrINO/c16-15(9-10-4-2-1-3-5-10)12-7-6-11(17)8-13(12)18-14(15)19/h6-8,10H,1-5,9H2,(H,18,19). The Labute approximate surface area is 136 Å². The van der Waals surface area contributed by atoms with Crippen LogP contribution >= 0.6 is 38.5 Å². The van der Waals surface area contributed by atoms with Crippen LogP contribution in [0.1, 0.15) is 44.1 Å². The Hall–Kier alpha value is -0.100. The molecule has 0 saturated heterocycles. The van der Waals surface area contributed by atoms with E-state index in [4.69, 9.17) is 0 Å². The molecule has 19 heavy (non-hydrogen) atoms. The first-order chi connectivity index (χ1) is 9.09. The summed E-state index contributed by atoms with van der Waals surface area (Å²) >= 11 is 6.04. The molecule has 0 spiro atoms. The van der Waals surface area contributed by atoms with Crippen LogP contribution in [0.3, 0.4) is 0 Å².